The third-order valence-corrected chi connectivity index (χ3v) is 5.31. The van der Waals surface area contributed by atoms with E-state index in [1.807, 2.05) is 35.2 Å². The summed E-state index contributed by atoms with van der Waals surface area (Å²) < 4.78 is 25.0. The number of halogens is 2. The van der Waals surface area contributed by atoms with Crippen LogP contribution in [0.3, 0.4) is 0 Å². The van der Waals surface area contributed by atoms with Crippen LogP contribution in [0.15, 0.2) is 48.5 Å². The number of carbonyl (C=O) groups excluding carboxylic acids is 1. The maximum atomic E-state index is 13.7. The first-order valence-electron chi connectivity index (χ1n) is 9.82. The van der Waals surface area contributed by atoms with Crippen molar-refractivity contribution in [2.45, 2.75) is 25.0 Å². The number of rotatable bonds is 4. The van der Waals surface area contributed by atoms with Gasteiger partial charge in [0.15, 0.2) is 0 Å². The minimum absolute atomic E-state index is 0. The Kier molecular flexibility index (Phi) is 7.47. The lowest BCUT2D eigenvalue weighted by Crippen LogP contribution is -2.48. The smallest absolute Gasteiger partial charge is 0.254 e. The first kappa shape index (κ1) is 21.6. The molecule has 7 heteroatoms. The Morgan fingerprint density at radius 3 is 2.62 bits per heavy atom. The maximum Gasteiger partial charge on any atom is 0.254 e. The number of piperazine rings is 1. The normalized spacial score (nSPS) is 20.0. The summed E-state index contributed by atoms with van der Waals surface area (Å²) in [5.41, 5.74) is 1.42. The molecule has 2 aliphatic heterocycles. The topological polar surface area (TPSA) is 50.8 Å². The second-order valence-electron chi connectivity index (χ2n) is 7.23. The monoisotopic (exact) mass is 420 g/mol. The van der Waals surface area contributed by atoms with Crippen LogP contribution in [-0.2, 0) is 4.74 Å². The summed E-state index contributed by atoms with van der Waals surface area (Å²) in [6, 6.07) is 13.6. The van der Waals surface area contributed by atoms with Gasteiger partial charge in [0.25, 0.3) is 5.91 Å². The molecular formula is C22H26ClFN2O3. The largest absolute Gasteiger partial charge is 0.490 e. The van der Waals surface area contributed by atoms with Crippen LogP contribution >= 0.6 is 12.4 Å². The van der Waals surface area contributed by atoms with Crippen molar-refractivity contribution in [1.82, 2.24) is 10.2 Å². The highest BCUT2D eigenvalue weighted by Crippen LogP contribution is 2.26. The van der Waals surface area contributed by atoms with E-state index in [1.54, 1.807) is 6.07 Å². The summed E-state index contributed by atoms with van der Waals surface area (Å²) in [5.74, 6) is 0.434. The molecule has 2 aromatic carbocycles. The molecule has 0 spiro atoms. The van der Waals surface area contributed by atoms with Crippen LogP contribution in [0.5, 0.6) is 5.75 Å². The third kappa shape index (κ3) is 5.26. The standard InChI is InChI=1S/C22H25FN2O3.ClH/c23-18-3-1-2-17(14-18)21-15-24-10-11-25(21)22(26)16-4-6-19(7-5-16)28-20-8-12-27-13-9-20;/h1-7,14,20-21,24H,8-13,15H2;1H. The minimum Gasteiger partial charge on any atom is -0.490 e. The molecule has 0 aliphatic carbocycles. The van der Waals surface area contributed by atoms with Crippen LogP contribution in [-0.4, -0.2) is 49.8 Å². The van der Waals surface area contributed by atoms with Gasteiger partial charge in [-0.1, -0.05) is 12.1 Å². The molecule has 156 valence electrons. The van der Waals surface area contributed by atoms with Gasteiger partial charge in [-0.05, 0) is 42.0 Å². The van der Waals surface area contributed by atoms with Crippen LogP contribution in [0.25, 0.3) is 0 Å². The molecule has 2 aromatic rings. The van der Waals surface area contributed by atoms with Gasteiger partial charge in [0, 0.05) is 38.0 Å². The minimum atomic E-state index is -0.287. The average molecular weight is 421 g/mol. The Labute approximate surface area is 176 Å². The third-order valence-electron chi connectivity index (χ3n) is 5.31. The van der Waals surface area contributed by atoms with Crippen molar-refractivity contribution in [1.29, 1.82) is 0 Å². The predicted molar refractivity (Wildman–Crippen MR) is 111 cm³/mol. The zero-order chi connectivity index (χ0) is 19.3. The lowest BCUT2D eigenvalue weighted by atomic mass is 10.0. The van der Waals surface area contributed by atoms with Gasteiger partial charge in [-0.2, -0.15) is 0 Å². The first-order chi connectivity index (χ1) is 13.7. The number of carbonyl (C=O) groups is 1. The van der Waals surface area contributed by atoms with Crippen molar-refractivity contribution < 1.29 is 18.7 Å². The van der Waals surface area contributed by atoms with Crippen LogP contribution in [0, 0.1) is 5.82 Å². The number of amides is 1. The fourth-order valence-corrected chi connectivity index (χ4v) is 3.79. The van der Waals surface area contributed by atoms with Crippen molar-refractivity contribution in [3.63, 3.8) is 0 Å². The lowest BCUT2D eigenvalue weighted by molar-refractivity contribution is 0.0255. The highest BCUT2D eigenvalue weighted by Gasteiger charge is 2.29. The van der Waals surface area contributed by atoms with E-state index in [1.165, 1.54) is 12.1 Å². The van der Waals surface area contributed by atoms with E-state index in [4.69, 9.17) is 9.47 Å². The van der Waals surface area contributed by atoms with Crippen LogP contribution in [0.4, 0.5) is 4.39 Å². The summed E-state index contributed by atoms with van der Waals surface area (Å²) in [6.07, 6.45) is 1.94. The Morgan fingerprint density at radius 1 is 1.14 bits per heavy atom. The van der Waals surface area contributed by atoms with E-state index in [0.717, 1.165) is 43.9 Å². The number of hydrogen-bond acceptors (Lipinski definition) is 4. The van der Waals surface area contributed by atoms with Crippen molar-refractivity contribution in [2.24, 2.45) is 0 Å². The van der Waals surface area contributed by atoms with E-state index < -0.39 is 0 Å². The Hall–Kier alpha value is -2.15. The molecule has 1 N–H and O–H groups in total. The van der Waals surface area contributed by atoms with Gasteiger partial charge in [-0.25, -0.2) is 4.39 Å². The van der Waals surface area contributed by atoms with Gasteiger partial charge in [0.2, 0.25) is 0 Å². The number of nitrogens with one attached hydrogen (secondary N) is 1. The molecule has 2 heterocycles. The molecule has 2 saturated heterocycles. The van der Waals surface area contributed by atoms with Crippen LogP contribution < -0.4 is 10.1 Å². The average Bonchev–Trinajstić information content (AvgIpc) is 2.74. The number of benzene rings is 2. The van der Waals surface area contributed by atoms with E-state index in [2.05, 4.69) is 5.32 Å². The highest BCUT2D eigenvalue weighted by atomic mass is 35.5. The van der Waals surface area contributed by atoms with E-state index in [9.17, 15) is 9.18 Å². The molecule has 5 nitrogen and oxygen atoms in total. The van der Waals surface area contributed by atoms with Gasteiger partial charge in [0.1, 0.15) is 17.7 Å². The van der Waals surface area contributed by atoms with E-state index in [-0.39, 0.29) is 36.3 Å². The van der Waals surface area contributed by atoms with Crippen LogP contribution in [0.1, 0.15) is 34.8 Å². The summed E-state index contributed by atoms with van der Waals surface area (Å²) in [6.45, 7) is 3.38. The number of nitrogens with zero attached hydrogens (tertiary/aromatic N) is 1. The first-order valence-corrected chi connectivity index (χ1v) is 9.82. The van der Waals surface area contributed by atoms with Gasteiger partial charge >= 0.3 is 0 Å². The molecule has 0 saturated carbocycles. The lowest BCUT2D eigenvalue weighted by Gasteiger charge is -2.36. The van der Waals surface area contributed by atoms with E-state index in [0.29, 0.717) is 18.7 Å². The zero-order valence-electron chi connectivity index (χ0n) is 16.2. The Morgan fingerprint density at radius 2 is 1.90 bits per heavy atom. The van der Waals surface area contributed by atoms with Crippen molar-refractivity contribution in [2.75, 3.05) is 32.8 Å². The van der Waals surface area contributed by atoms with Crippen molar-refractivity contribution >= 4 is 18.3 Å². The Bertz CT molecular complexity index is 812. The second kappa shape index (κ2) is 10.1. The molecule has 0 radical (unpaired) electrons. The second-order valence-corrected chi connectivity index (χ2v) is 7.23. The van der Waals surface area contributed by atoms with E-state index >= 15 is 0 Å². The van der Waals surface area contributed by atoms with Gasteiger partial charge in [-0.3, -0.25) is 4.79 Å². The summed E-state index contributed by atoms with van der Waals surface area (Å²) in [4.78, 5) is 14.9. The molecule has 1 atom stereocenters. The van der Waals surface area contributed by atoms with Gasteiger partial charge < -0.3 is 19.7 Å². The van der Waals surface area contributed by atoms with Crippen LogP contribution in [0.2, 0.25) is 0 Å². The molecule has 2 fully saturated rings. The molecular weight excluding hydrogens is 395 g/mol. The molecule has 2 aliphatic rings. The maximum absolute atomic E-state index is 13.7. The van der Waals surface area contributed by atoms with Gasteiger partial charge in [-0.15, -0.1) is 12.4 Å². The van der Waals surface area contributed by atoms with Gasteiger partial charge in [0.05, 0.1) is 19.3 Å². The summed E-state index contributed by atoms with van der Waals surface area (Å²) in [5, 5.41) is 3.30. The van der Waals surface area contributed by atoms with Crippen molar-refractivity contribution in [3.05, 3.63) is 65.5 Å². The molecule has 1 amide bonds. The molecule has 1 unspecified atom stereocenters. The number of hydrogen-bond donors (Lipinski definition) is 1. The fourth-order valence-electron chi connectivity index (χ4n) is 3.79. The zero-order valence-corrected chi connectivity index (χ0v) is 17.0. The summed E-state index contributed by atoms with van der Waals surface area (Å²) in [7, 11) is 0. The SMILES string of the molecule is Cl.O=C(c1ccc(OC2CCOCC2)cc1)N1CCNCC1c1cccc(F)c1. The van der Waals surface area contributed by atoms with Crippen molar-refractivity contribution in [3.8, 4) is 5.75 Å². The Balaban J connectivity index is 0.00000240. The molecule has 4 rings (SSSR count). The summed E-state index contributed by atoms with van der Waals surface area (Å²) >= 11 is 0. The highest BCUT2D eigenvalue weighted by molar-refractivity contribution is 5.94. The quantitative estimate of drug-likeness (QED) is 0.821. The molecule has 29 heavy (non-hydrogen) atoms. The number of ether oxygens (including phenoxy) is 2. The molecule has 0 bridgehead atoms. The fraction of sp³-hybridized carbons (Fsp3) is 0.409. The predicted octanol–water partition coefficient (Wildman–Crippen LogP) is 3.59. The molecule has 0 aromatic heterocycles.